The highest BCUT2D eigenvalue weighted by molar-refractivity contribution is 5.89. The molecule has 3 aliphatic heterocycles. The highest BCUT2D eigenvalue weighted by atomic mass is 16.5. The van der Waals surface area contributed by atoms with Crippen LogP contribution in [0.4, 0.5) is 0 Å². The van der Waals surface area contributed by atoms with Crippen LogP contribution in [0.1, 0.15) is 36.7 Å². The molecule has 24 heavy (non-hydrogen) atoms. The van der Waals surface area contributed by atoms with Crippen LogP contribution in [0.3, 0.4) is 0 Å². The molecule has 0 N–H and O–H groups in total. The Hall–Kier alpha value is -2.07. The lowest BCUT2D eigenvalue weighted by Gasteiger charge is -2.50. The van der Waals surface area contributed by atoms with Crippen LogP contribution in [0.2, 0.25) is 0 Å². The van der Waals surface area contributed by atoms with Crippen LogP contribution in [0, 0.1) is 5.92 Å². The van der Waals surface area contributed by atoms with Crippen molar-refractivity contribution in [3.8, 4) is 0 Å². The van der Waals surface area contributed by atoms with Crippen molar-refractivity contribution in [1.29, 1.82) is 0 Å². The highest BCUT2D eigenvalue weighted by Gasteiger charge is 2.49. The monoisotopic (exact) mass is 322 g/mol. The minimum Gasteiger partial charge on any atom is -0.467 e. The van der Waals surface area contributed by atoms with Gasteiger partial charge in [-0.05, 0) is 31.4 Å². The lowest BCUT2D eigenvalue weighted by Crippen LogP contribution is -2.50. The average molecular weight is 322 g/mol. The van der Waals surface area contributed by atoms with Crippen LogP contribution in [0.5, 0.6) is 0 Å². The van der Waals surface area contributed by atoms with E-state index in [0.717, 1.165) is 25.9 Å². The summed E-state index contributed by atoms with van der Waals surface area (Å²) in [6.07, 6.45) is 4.31. The molecule has 0 aliphatic carbocycles. The normalized spacial score (nSPS) is 29.9. The number of carbonyl (C=O) groups excluding carboxylic acids is 1. The SMILES string of the molecule is CC=C1CN2CCc3c4n(c5ccccc35)[C@H](C(=O)OC)[C@H]1C[C@@H]42. The summed E-state index contributed by atoms with van der Waals surface area (Å²) < 4.78 is 7.54. The zero-order valence-electron chi connectivity index (χ0n) is 14.2. The summed E-state index contributed by atoms with van der Waals surface area (Å²) in [7, 11) is 1.51. The average Bonchev–Trinajstić information content (AvgIpc) is 2.96. The number of para-hydroxylation sites is 1. The van der Waals surface area contributed by atoms with Crippen LogP contribution >= 0.6 is 0 Å². The molecule has 5 rings (SSSR count). The maximum Gasteiger partial charge on any atom is 0.329 e. The Balaban J connectivity index is 1.86. The van der Waals surface area contributed by atoms with Crippen molar-refractivity contribution in [2.75, 3.05) is 20.2 Å². The number of aromatic nitrogens is 1. The molecule has 0 unspecified atom stereocenters. The number of rotatable bonds is 1. The first-order valence-corrected chi connectivity index (χ1v) is 8.83. The van der Waals surface area contributed by atoms with Crippen molar-refractivity contribution in [2.24, 2.45) is 5.92 Å². The molecule has 1 fully saturated rings. The quantitative estimate of drug-likeness (QED) is 0.597. The molecular formula is C20H22N2O2. The third-order valence-electron chi connectivity index (χ3n) is 6.27. The summed E-state index contributed by atoms with van der Waals surface area (Å²) in [6, 6.07) is 8.75. The third kappa shape index (κ3) is 1.64. The second kappa shape index (κ2) is 4.96. The number of allylic oxidation sites excluding steroid dienone is 1. The number of piperidine rings is 1. The maximum absolute atomic E-state index is 12.8. The number of fused-ring (bicyclic) bond motifs is 4. The molecule has 2 bridgehead atoms. The van der Waals surface area contributed by atoms with Crippen LogP contribution < -0.4 is 0 Å². The predicted molar refractivity (Wildman–Crippen MR) is 92.9 cm³/mol. The van der Waals surface area contributed by atoms with Gasteiger partial charge in [-0.15, -0.1) is 0 Å². The number of hydrogen-bond donors (Lipinski definition) is 0. The summed E-state index contributed by atoms with van der Waals surface area (Å²) in [4.78, 5) is 15.4. The summed E-state index contributed by atoms with van der Waals surface area (Å²) in [5, 5.41) is 1.32. The summed E-state index contributed by atoms with van der Waals surface area (Å²) in [6.45, 7) is 4.20. The van der Waals surface area contributed by atoms with Gasteiger partial charge >= 0.3 is 5.97 Å². The van der Waals surface area contributed by atoms with E-state index in [1.807, 2.05) is 0 Å². The fourth-order valence-electron chi connectivity index (χ4n) is 5.26. The zero-order valence-corrected chi connectivity index (χ0v) is 14.2. The fraction of sp³-hybridized carbons (Fsp3) is 0.450. The van der Waals surface area contributed by atoms with Gasteiger partial charge in [-0.2, -0.15) is 0 Å². The van der Waals surface area contributed by atoms with E-state index in [1.165, 1.54) is 34.8 Å². The molecule has 1 aromatic heterocycles. The van der Waals surface area contributed by atoms with E-state index in [0.29, 0.717) is 6.04 Å². The molecule has 0 spiro atoms. The van der Waals surface area contributed by atoms with Gasteiger partial charge in [0.1, 0.15) is 6.04 Å². The smallest absolute Gasteiger partial charge is 0.329 e. The minimum atomic E-state index is -0.230. The van der Waals surface area contributed by atoms with Crippen LogP contribution in [-0.2, 0) is 16.0 Å². The van der Waals surface area contributed by atoms with Crippen molar-refractivity contribution in [3.05, 3.63) is 47.2 Å². The largest absolute Gasteiger partial charge is 0.467 e. The van der Waals surface area contributed by atoms with Crippen LogP contribution in [0.15, 0.2) is 35.9 Å². The van der Waals surface area contributed by atoms with Crippen molar-refractivity contribution in [3.63, 3.8) is 0 Å². The predicted octanol–water partition coefficient (Wildman–Crippen LogP) is 3.23. The first-order chi connectivity index (χ1) is 11.7. The molecule has 0 radical (unpaired) electrons. The Morgan fingerprint density at radius 1 is 1.33 bits per heavy atom. The standard InChI is InChI=1S/C20H22N2O2/c1-3-12-11-21-9-8-14-13-6-4-5-7-16(13)22-18(14)17(21)10-15(12)19(22)20(23)24-2/h3-7,15,17,19H,8-11H2,1-2H3/t15-,17-,19-/m0/s1. The number of ether oxygens (including phenoxy) is 1. The maximum atomic E-state index is 12.8. The van der Waals surface area contributed by atoms with Gasteiger partial charge in [0.2, 0.25) is 0 Å². The van der Waals surface area contributed by atoms with Crippen molar-refractivity contribution >= 4 is 16.9 Å². The summed E-state index contributed by atoms with van der Waals surface area (Å²) in [5.74, 6) is 0.137. The fourth-order valence-corrected chi connectivity index (χ4v) is 5.26. The second-order valence-electron chi connectivity index (χ2n) is 7.16. The molecule has 3 atom stereocenters. The highest BCUT2D eigenvalue weighted by Crippen LogP contribution is 2.53. The van der Waals surface area contributed by atoms with Gasteiger partial charge in [-0.1, -0.05) is 29.8 Å². The first kappa shape index (κ1) is 14.3. The summed E-state index contributed by atoms with van der Waals surface area (Å²) >= 11 is 0. The number of nitrogens with zero attached hydrogens (tertiary/aromatic N) is 2. The molecular weight excluding hydrogens is 300 g/mol. The number of benzene rings is 1. The molecule has 0 amide bonds. The number of carbonyl (C=O) groups is 1. The van der Waals surface area contributed by atoms with Gasteiger partial charge in [0.05, 0.1) is 13.2 Å². The van der Waals surface area contributed by atoms with Gasteiger partial charge in [0.15, 0.2) is 0 Å². The number of methoxy groups -OCH3 is 1. The molecule has 2 aromatic rings. The number of esters is 1. The van der Waals surface area contributed by atoms with Crippen LogP contribution in [-0.4, -0.2) is 35.6 Å². The molecule has 124 valence electrons. The lowest BCUT2D eigenvalue weighted by molar-refractivity contribution is -0.147. The number of hydrogen-bond acceptors (Lipinski definition) is 3. The van der Waals surface area contributed by atoms with E-state index in [-0.39, 0.29) is 17.9 Å². The molecule has 4 heteroatoms. The topological polar surface area (TPSA) is 34.5 Å². The van der Waals surface area contributed by atoms with E-state index in [2.05, 4.69) is 46.7 Å². The van der Waals surface area contributed by atoms with E-state index < -0.39 is 0 Å². The Labute approximate surface area is 141 Å². The molecule has 3 aliphatic rings. The minimum absolute atomic E-state index is 0.111. The molecule has 4 heterocycles. The van der Waals surface area contributed by atoms with E-state index in [1.54, 1.807) is 0 Å². The van der Waals surface area contributed by atoms with Gasteiger partial charge in [0.25, 0.3) is 0 Å². The third-order valence-corrected chi connectivity index (χ3v) is 6.27. The van der Waals surface area contributed by atoms with Gasteiger partial charge in [-0.3, -0.25) is 4.90 Å². The lowest BCUT2D eigenvalue weighted by atomic mass is 9.75. The van der Waals surface area contributed by atoms with Gasteiger partial charge in [-0.25, -0.2) is 4.79 Å². The molecule has 4 nitrogen and oxygen atoms in total. The summed E-state index contributed by atoms with van der Waals surface area (Å²) in [5.41, 5.74) is 5.38. The molecule has 0 saturated carbocycles. The van der Waals surface area contributed by atoms with Crippen molar-refractivity contribution in [2.45, 2.75) is 31.8 Å². The molecule has 1 saturated heterocycles. The van der Waals surface area contributed by atoms with Crippen molar-refractivity contribution in [1.82, 2.24) is 9.47 Å². The molecule has 1 aromatic carbocycles. The van der Waals surface area contributed by atoms with E-state index >= 15 is 0 Å². The van der Waals surface area contributed by atoms with E-state index in [9.17, 15) is 4.79 Å². The van der Waals surface area contributed by atoms with Gasteiger partial charge in [0, 0.05) is 35.6 Å². The van der Waals surface area contributed by atoms with Crippen molar-refractivity contribution < 1.29 is 9.53 Å². The zero-order chi connectivity index (χ0) is 16.4. The van der Waals surface area contributed by atoms with Gasteiger partial charge < -0.3 is 9.30 Å². The Morgan fingerprint density at radius 2 is 2.17 bits per heavy atom. The first-order valence-electron chi connectivity index (χ1n) is 8.83. The Bertz CT molecular complexity index is 879. The van der Waals surface area contributed by atoms with Crippen LogP contribution in [0.25, 0.3) is 10.9 Å². The Kier molecular flexibility index (Phi) is 2.95. The van der Waals surface area contributed by atoms with E-state index in [4.69, 9.17) is 4.74 Å². The Morgan fingerprint density at radius 3 is 2.96 bits per heavy atom. The second-order valence-corrected chi connectivity index (χ2v) is 7.16.